The summed E-state index contributed by atoms with van der Waals surface area (Å²) in [7, 11) is 0. The van der Waals surface area contributed by atoms with Crippen molar-refractivity contribution in [1.29, 1.82) is 0 Å². The molecule has 1 aliphatic rings. The van der Waals surface area contributed by atoms with E-state index in [2.05, 4.69) is 0 Å². The maximum atomic E-state index is 12.4. The van der Waals surface area contributed by atoms with Crippen LogP contribution < -0.4 is 11.5 Å². The van der Waals surface area contributed by atoms with Crippen LogP contribution in [0.4, 0.5) is 0 Å². The van der Waals surface area contributed by atoms with Gasteiger partial charge < -0.3 is 16.4 Å². The summed E-state index contributed by atoms with van der Waals surface area (Å²) in [6.45, 7) is 4.70. The number of nitrogens with two attached hydrogens (primary N) is 2. The van der Waals surface area contributed by atoms with Gasteiger partial charge in [0.2, 0.25) is 11.8 Å². The SMILES string of the molecule is CCC(C)(CN)C(=O)N1CCCCC1C(N)=O. The molecule has 1 saturated heterocycles. The average molecular weight is 241 g/mol. The Hall–Kier alpha value is -1.10. The zero-order valence-electron chi connectivity index (χ0n) is 10.7. The molecule has 5 nitrogen and oxygen atoms in total. The predicted octanol–water partition coefficient (Wildman–Crippen LogP) is 0.228. The van der Waals surface area contributed by atoms with Crippen LogP contribution in [0, 0.1) is 5.41 Å². The van der Waals surface area contributed by atoms with E-state index in [0.29, 0.717) is 25.9 Å². The molecule has 2 amide bonds. The Morgan fingerprint density at radius 1 is 1.41 bits per heavy atom. The number of carbonyl (C=O) groups excluding carboxylic acids is 2. The van der Waals surface area contributed by atoms with Gasteiger partial charge in [0.15, 0.2) is 0 Å². The van der Waals surface area contributed by atoms with Crippen molar-refractivity contribution in [1.82, 2.24) is 4.90 Å². The number of hydrogen-bond donors (Lipinski definition) is 2. The van der Waals surface area contributed by atoms with E-state index in [9.17, 15) is 9.59 Å². The van der Waals surface area contributed by atoms with Gasteiger partial charge in [0.25, 0.3) is 0 Å². The Balaban J connectivity index is 2.88. The molecule has 4 N–H and O–H groups in total. The Labute approximate surface area is 103 Å². The summed E-state index contributed by atoms with van der Waals surface area (Å²) in [5.41, 5.74) is 10.5. The van der Waals surface area contributed by atoms with E-state index in [1.165, 1.54) is 0 Å². The minimum atomic E-state index is -0.578. The number of nitrogens with zero attached hydrogens (tertiary/aromatic N) is 1. The number of piperidine rings is 1. The third-order valence-electron chi connectivity index (χ3n) is 3.84. The standard InChI is InChI=1S/C12H23N3O2/c1-3-12(2,8-13)11(17)15-7-5-4-6-9(15)10(14)16/h9H,3-8,13H2,1-2H3,(H2,14,16). The first kappa shape index (κ1) is 14.0. The second-order valence-corrected chi connectivity index (χ2v) is 5.03. The lowest BCUT2D eigenvalue weighted by molar-refractivity contribution is -0.149. The van der Waals surface area contributed by atoms with Gasteiger partial charge in [-0.1, -0.05) is 6.92 Å². The molecule has 5 heteroatoms. The fourth-order valence-electron chi connectivity index (χ4n) is 2.20. The summed E-state index contributed by atoms with van der Waals surface area (Å²) in [6.07, 6.45) is 3.22. The maximum absolute atomic E-state index is 12.4. The van der Waals surface area contributed by atoms with Crippen molar-refractivity contribution in [3.05, 3.63) is 0 Å². The topological polar surface area (TPSA) is 89.4 Å². The first-order valence-corrected chi connectivity index (χ1v) is 6.26. The van der Waals surface area contributed by atoms with Crippen molar-refractivity contribution >= 4 is 11.8 Å². The van der Waals surface area contributed by atoms with Crippen LogP contribution in [0.5, 0.6) is 0 Å². The zero-order chi connectivity index (χ0) is 13.1. The van der Waals surface area contributed by atoms with E-state index in [0.717, 1.165) is 12.8 Å². The van der Waals surface area contributed by atoms with Crippen LogP contribution in [0.2, 0.25) is 0 Å². The van der Waals surface area contributed by atoms with E-state index in [1.807, 2.05) is 13.8 Å². The number of likely N-dealkylation sites (tertiary alicyclic amines) is 1. The first-order valence-electron chi connectivity index (χ1n) is 6.26. The van der Waals surface area contributed by atoms with Gasteiger partial charge in [-0.15, -0.1) is 0 Å². The van der Waals surface area contributed by atoms with Crippen LogP contribution in [0.25, 0.3) is 0 Å². The molecule has 1 fully saturated rings. The largest absolute Gasteiger partial charge is 0.368 e. The number of amides is 2. The second kappa shape index (κ2) is 5.49. The molecule has 0 aromatic rings. The van der Waals surface area contributed by atoms with Crippen LogP contribution in [0.15, 0.2) is 0 Å². The van der Waals surface area contributed by atoms with Gasteiger partial charge in [-0.3, -0.25) is 9.59 Å². The number of primary amides is 1. The molecule has 0 spiro atoms. The Kier molecular flexibility index (Phi) is 4.51. The van der Waals surface area contributed by atoms with Gasteiger partial charge >= 0.3 is 0 Å². The molecule has 0 aromatic heterocycles. The summed E-state index contributed by atoms with van der Waals surface area (Å²) >= 11 is 0. The smallest absolute Gasteiger partial charge is 0.240 e. The molecule has 98 valence electrons. The third-order valence-corrected chi connectivity index (χ3v) is 3.84. The summed E-state index contributed by atoms with van der Waals surface area (Å²) in [5.74, 6) is -0.445. The molecule has 1 heterocycles. The lowest BCUT2D eigenvalue weighted by Gasteiger charge is -2.39. The second-order valence-electron chi connectivity index (χ2n) is 5.03. The molecule has 2 unspecified atom stereocenters. The molecule has 0 aliphatic carbocycles. The fraction of sp³-hybridized carbons (Fsp3) is 0.833. The minimum absolute atomic E-state index is 0.0361. The van der Waals surface area contributed by atoms with E-state index < -0.39 is 17.4 Å². The van der Waals surface area contributed by atoms with Crippen LogP contribution in [-0.2, 0) is 9.59 Å². The van der Waals surface area contributed by atoms with Crippen LogP contribution in [0.3, 0.4) is 0 Å². The summed E-state index contributed by atoms with van der Waals surface area (Å²) in [4.78, 5) is 25.4. The molecule has 17 heavy (non-hydrogen) atoms. The van der Waals surface area contributed by atoms with Crippen molar-refractivity contribution < 1.29 is 9.59 Å². The molecule has 0 saturated carbocycles. The highest BCUT2D eigenvalue weighted by molar-refractivity contribution is 5.89. The molecule has 1 aliphatic heterocycles. The lowest BCUT2D eigenvalue weighted by Crippen LogP contribution is -2.56. The highest BCUT2D eigenvalue weighted by atomic mass is 16.2. The van der Waals surface area contributed by atoms with Gasteiger partial charge in [0.05, 0.1) is 5.41 Å². The Morgan fingerprint density at radius 3 is 2.53 bits per heavy atom. The number of carbonyl (C=O) groups is 2. The highest BCUT2D eigenvalue weighted by Gasteiger charge is 2.39. The van der Waals surface area contributed by atoms with Crippen LogP contribution in [-0.4, -0.2) is 35.8 Å². The number of hydrogen-bond acceptors (Lipinski definition) is 3. The van der Waals surface area contributed by atoms with Crippen LogP contribution >= 0.6 is 0 Å². The van der Waals surface area contributed by atoms with Gasteiger partial charge in [0, 0.05) is 13.1 Å². The molecular formula is C12H23N3O2. The fourth-order valence-corrected chi connectivity index (χ4v) is 2.20. The third kappa shape index (κ3) is 2.77. The van der Waals surface area contributed by atoms with Crippen molar-refractivity contribution in [3.63, 3.8) is 0 Å². The van der Waals surface area contributed by atoms with Crippen molar-refractivity contribution in [3.8, 4) is 0 Å². The molecular weight excluding hydrogens is 218 g/mol. The van der Waals surface area contributed by atoms with E-state index in [4.69, 9.17) is 11.5 Å². The van der Waals surface area contributed by atoms with Gasteiger partial charge in [0.1, 0.15) is 6.04 Å². The predicted molar refractivity (Wildman–Crippen MR) is 66.0 cm³/mol. The van der Waals surface area contributed by atoms with Gasteiger partial charge in [-0.05, 0) is 32.6 Å². The zero-order valence-corrected chi connectivity index (χ0v) is 10.7. The molecule has 1 rings (SSSR count). The van der Waals surface area contributed by atoms with Crippen molar-refractivity contribution in [2.24, 2.45) is 16.9 Å². The average Bonchev–Trinajstić information content (AvgIpc) is 2.36. The Morgan fingerprint density at radius 2 is 2.06 bits per heavy atom. The van der Waals surface area contributed by atoms with Gasteiger partial charge in [-0.25, -0.2) is 0 Å². The highest BCUT2D eigenvalue weighted by Crippen LogP contribution is 2.27. The van der Waals surface area contributed by atoms with E-state index in [1.54, 1.807) is 4.90 Å². The van der Waals surface area contributed by atoms with Gasteiger partial charge in [-0.2, -0.15) is 0 Å². The Bertz CT molecular complexity index is 300. The monoisotopic (exact) mass is 241 g/mol. The van der Waals surface area contributed by atoms with E-state index >= 15 is 0 Å². The molecule has 0 radical (unpaired) electrons. The van der Waals surface area contributed by atoms with Crippen LogP contribution in [0.1, 0.15) is 39.5 Å². The van der Waals surface area contributed by atoms with E-state index in [-0.39, 0.29) is 5.91 Å². The molecule has 0 bridgehead atoms. The number of rotatable bonds is 4. The molecule has 2 atom stereocenters. The minimum Gasteiger partial charge on any atom is -0.368 e. The first-order chi connectivity index (χ1) is 7.96. The quantitative estimate of drug-likeness (QED) is 0.738. The molecule has 0 aromatic carbocycles. The summed E-state index contributed by atoms with van der Waals surface area (Å²) in [5, 5.41) is 0. The summed E-state index contributed by atoms with van der Waals surface area (Å²) in [6, 6.07) is -0.450. The van der Waals surface area contributed by atoms with Crippen molar-refractivity contribution in [2.75, 3.05) is 13.1 Å². The van der Waals surface area contributed by atoms with Crippen molar-refractivity contribution in [2.45, 2.75) is 45.6 Å². The maximum Gasteiger partial charge on any atom is 0.240 e. The summed E-state index contributed by atoms with van der Waals surface area (Å²) < 4.78 is 0. The normalized spacial score (nSPS) is 24.2. The lowest BCUT2D eigenvalue weighted by atomic mass is 9.84.